The molecular formula is C13H12N2O5. The van der Waals surface area contributed by atoms with Crippen LogP contribution in [0.5, 0.6) is 0 Å². The van der Waals surface area contributed by atoms with Gasteiger partial charge in [0.1, 0.15) is 6.04 Å². The van der Waals surface area contributed by atoms with Crippen LogP contribution in [-0.4, -0.2) is 27.9 Å². The first-order valence-corrected chi connectivity index (χ1v) is 5.59. The third-order valence-corrected chi connectivity index (χ3v) is 2.67. The maximum atomic E-state index is 12.0. The second kappa shape index (κ2) is 6.33. The number of aliphatic carboxylic acids is 1. The lowest BCUT2D eigenvalue weighted by atomic mass is 10.1. The third-order valence-electron chi connectivity index (χ3n) is 2.67. The van der Waals surface area contributed by atoms with E-state index in [1.165, 1.54) is 25.1 Å². The normalized spacial score (nSPS) is 11.2. The monoisotopic (exact) mass is 276 g/mol. The molecule has 0 heterocycles. The van der Waals surface area contributed by atoms with E-state index in [0.29, 0.717) is 0 Å². The molecule has 1 amide bonds. The first-order valence-electron chi connectivity index (χ1n) is 5.59. The van der Waals surface area contributed by atoms with E-state index in [4.69, 9.17) is 11.5 Å². The van der Waals surface area contributed by atoms with Gasteiger partial charge in [-0.15, -0.1) is 12.3 Å². The quantitative estimate of drug-likeness (QED) is 0.475. The smallest absolute Gasteiger partial charge is 0.327 e. The van der Waals surface area contributed by atoms with Crippen LogP contribution < -0.4 is 5.32 Å². The molecule has 0 aromatic heterocycles. The Morgan fingerprint density at radius 1 is 1.55 bits per heavy atom. The average molecular weight is 276 g/mol. The highest BCUT2D eigenvalue weighted by atomic mass is 16.6. The Morgan fingerprint density at radius 3 is 2.70 bits per heavy atom. The fourth-order valence-electron chi connectivity index (χ4n) is 1.62. The van der Waals surface area contributed by atoms with Gasteiger partial charge in [-0.2, -0.15) is 0 Å². The molecule has 0 aliphatic heterocycles. The van der Waals surface area contributed by atoms with Gasteiger partial charge in [-0.25, -0.2) is 4.79 Å². The molecule has 104 valence electrons. The largest absolute Gasteiger partial charge is 0.480 e. The number of carbonyl (C=O) groups is 2. The van der Waals surface area contributed by atoms with E-state index in [1.807, 2.05) is 0 Å². The lowest BCUT2D eigenvalue weighted by Crippen LogP contribution is -2.40. The number of rotatable bonds is 5. The number of carboxylic acids is 1. The van der Waals surface area contributed by atoms with Crippen molar-refractivity contribution in [1.29, 1.82) is 0 Å². The van der Waals surface area contributed by atoms with E-state index in [1.54, 1.807) is 0 Å². The van der Waals surface area contributed by atoms with Gasteiger partial charge in [-0.1, -0.05) is 6.07 Å². The summed E-state index contributed by atoms with van der Waals surface area (Å²) >= 11 is 0. The number of hydrogen-bond acceptors (Lipinski definition) is 4. The average Bonchev–Trinajstić information content (AvgIpc) is 2.37. The van der Waals surface area contributed by atoms with Crippen molar-refractivity contribution in [1.82, 2.24) is 5.32 Å². The highest BCUT2D eigenvalue weighted by Gasteiger charge is 2.23. The number of nitro groups is 1. The third kappa shape index (κ3) is 3.32. The number of carboxylic acid groups (broad SMARTS) is 1. The fourth-order valence-corrected chi connectivity index (χ4v) is 1.62. The molecule has 0 aliphatic rings. The molecule has 0 radical (unpaired) electrons. The summed E-state index contributed by atoms with van der Waals surface area (Å²) in [5.41, 5.74) is 0.00351. The molecule has 1 atom stereocenters. The molecule has 7 heteroatoms. The summed E-state index contributed by atoms with van der Waals surface area (Å²) < 4.78 is 0. The Bertz CT molecular complexity index is 603. The van der Waals surface area contributed by atoms with Crippen molar-refractivity contribution in [3.63, 3.8) is 0 Å². The zero-order valence-corrected chi connectivity index (χ0v) is 10.6. The fraction of sp³-hybridized carbons (Fsp3) is 0.231. The second-order valence-corrected chi connectivity index (χ2v) is 3.98. The topological polar surface area (TPSA) is 110 Å². The van der Waals surface area contributed by atoms with Crippen LogP contribution in [0.15, 0.2) is 18.2 Å². The van der Waals surface area contributed by atoms with Crippen molar-refractivity contribution >= 4 is 17.6 Å². The van der Waals surface area contributed by atoms with Crippen LogP contribution >= 0.6 is 0 Å². The number of carbonyl (C=O) groups excluding carboxylic acids is 1. The highest BCUT2D eigenvalue weighted by Crippen LogP contribution is 2.21. The Kier molecular flexibility index (Phi) is 4.81. The first kappa shape index (κ1) is 15.2. The standard InChI is InChI=1S/C13H12N2O5/c1-3-5-10(13(17)18)14-12(16)9-6-4-7-11(8(9)2)15(19)20/h1,4,6-7,10H,5H2,2H3,(H,14,16)(H,17,18). The molecule has 7 nitrogen and oxygen atoms in total. The van der Waals surface area contributed by atoms with E-state index in [-0.39, 0.29) is 23.2 Å². The van der Waals surface area contributed by atoms with Crippen molar-refractivity contribution in [3.05, 3.63) is 39.4 Å². The van der Waals surface area contributed by atoms with Crippen LogP contribution in [0.4, 0.5) is 5.69 Å². The zero-order valence-electron chi connectivity index (χ0n) is 10.6. The van der Waals surface area contributed by atoms with E-state index in [2.05, 4.69) is 11.2 Å². The van der Waals surface area contributed by atoms with Crippen molar-refractivity contribution in [2.75, 3.05) is 0 Å². The lowest BCUT2D eigenvalue weighted by molar-refractivity contribution is -0.385. The maximum Gasteiger partial charge on any atom is 0.327 e. The summed E-state index contributed by atoms with van der Waals surface area (Å²) in [5.74, 6) is 0.168. The van der Waals surface area contributed by atoms with Gasteiger partial charge in [0, 0.05) is 23.6 Å². The van der Waals surface area contributed by atoms with E-state index < -0.39 is 22.8 Å². The van der Waals surface area contributed by atoms with Gasteiger partial charge in [0.2, 0.25) is 0 Å². The summed E-state index contributed by atoms with van der Waals surface area (Å²) in [5, 5.41) is 21.9. The number of benzene rings is 1. The molecule has 0 aliphatic carbocycles. The van der Waals surface area contributed by atoms with Gasteiger partial charge in [-0.3, -0.25) is 14.9 Å². The minimum absolute atomic E-state index is 0.0440. The van der Waals surface area contributed by atoms with E-state index in [9.17, 15) is 19.7 Å². The van der Waals surface area contributed by atoms with E-state index in [0.717, 1.165) is 0 Å². The summed E-state index contributed by atoms with van der Waals surface area (Å²) in [6, 6.07) is 2.78. The summed E-state index contributed by atoms with van der Waals surface area (Å²) in [6.07, 6.45) is 4.85. The van der Waals surface area contributed by atoms with Gasteiger partial charge >= 0.3 is 5.97 Å². The minimum atomic E-state index is -1.26. The Morgan fingerprint density at radius 2 is 2.20 bits per heavy atom. The highest BCUT2D eigenvalue weighted by molar-refractivity contribution is 5.98. The molecule has 0 bridgehead atoms. The first-order chi connectivity index (χ1) is 9.38. The summed E-state index contributed by atoms with van der Waals surface area (Å²) in [4.78, 5) is 33.0. The van der Waals surface area contributed by atoms with Crippen LogP contribution in [-0.2, 0) is 4.79 Å². The molecule has 2 N–H and O–H groups in total. The number of nitrogens with zero attached hydrogens (tertiary/aromatic N) is 1. The number of hydrogen-bond donors (Lipinski definition) is 2. The summed E-state index contributed by atoms with van der Waals surface area (Å²) in [6.45, 7) is 1.42. The molecule has 1 aromatic rings. The van der Waals surface area contributed by atoms with Crippen LogP contribution in [0.3, 0.4) is 0 Å². The van der Waals surface area contributed by atoms with Gasteiger partial charge in [-0.05, 0) is 13.0 Å². The Hall–Kier alpha value is -2.88. The minimum Gasteiger partial charge on any atom is -0.480 e. The van der Waals surface area contributed by atoms with Gasteiger partial charge < -0.3 is 10.4 Å². The maximum absolute atomic E-state index is 12.0. The number of amides is 1. The number of nitro benzene ring substituents is 1. The van der Waals surface area contributed by atoms with Crippen molar-refractivity contribution in [2.24, 2.45) is 0 Å². The number of terminal acetylenes is 1. The van der Waals surface area contributed by atoms with Crippen molar-refractivity contribution in [3.8, 4) is 12.3 Å². The SMILES string of the molecule is C#CCC(NC(=O)c1cccc([N+](=O)[O-])c1C)C(=O)O. The predicted octanol–water partition coefficient (Wildman–Crippen LogP) is 1.11. The van der Waals surface area contributed by atoms with E-state index >= 15 is 0 Å². The van der Waals surface area contributed by atoms with Crippen LogP contribution in [0.25, 0.3) is 0 Å². The van der Waals surface area contributed by atoms with Crippen molar-refractivity contribution < 1.29 is 19.6 Å². The van der Waals surface area contributed by atoms with Crippen molar-refractivity contribution in [2.45, 2.75) is 19.4 Å². The lowest BCUT2D eigenvalue weighted by Gasteiger charge is -2.13. The molecule has 0 saturated heterocycles. The molecule has 0 spiro atoms. The molecule has 0 saturated carbocycles. The van der Waals surface area contributed by atoms with Gasteiger partial charge in [0.15, 0.2) is 0 Å². The zero-order chi connectivity index (χ0) is 15.3. The molecular weight excluding hydrogens is 264 g/mol. The Labute approximate surface area is 114 Å². The second-order valence-electron chi connectivity index (χ2n) is 3.98. The van der Waals surface area contributed by atoms with Crippen LogP contribution in [0.2, 0.25) is 0 Å². The molecule has 0 fully saturated rings. The van der Waals surface area contributed by atoms with Crippen LogP contribution in [0.1, 0.15) is 22.3 Å². The van der Waals surface area contributed by atoms with Gasteiger partial charge in [0.25, 0.3) is 11.6 Å². The van der Waals surface area contributed by atoms with Crippen LogP contribution in [0, 0.1) is 29.4 Å². The molecule has 1 rings (SSSR count). The molecule has 1 aromatic carbocycles. The predicted molar refractivity (Wildman–Crippen MR) is 70.2 cm³/mol. The number of nitrogens with one attached hydrogen (secondary N) is 1. The molecule has 1 unspecified atom stereocenters. The molecule has 20 heavy (non-hydrogen) atoms. The summed E-state index contributed by atoms with van der Waals surface area (Å²) in [7, 11) is 0. The van der Waals surface area contributed by atoms with Gasteiger partial charge in [0.05, 0.1) is 4.92 Å². The Balaban J connectivity index is 3.04.